The van der Waals surface area contributed by atoms with Gasteiger partial charge >= 0.3 is 0 Å². The molecule has 15 heavy (non-hydrogen) atoms. The van der Waals surface area contributed by atoms with Gasteiger partial charge in [0, 0.05) is 10.0 Å². The molecule has 0 fully saturated rings. The predicted molar refractivity (Wildman–Crippen MR) is 63.1 cm³/mol. The minimum absolute atomic E-state index is 0.119. The summed E-state index contributed by atoms with van der Waals surface area (Å²) in [5.74, 6) is -0.216. The van der Waals surface area contributed by atoms with E-state index in [0.717, 1.165) is 17.3 Å². The summed E-state index contributed by atoms with van der Waals surface area (Å²) in [6.07, 6.45) is 0.991. The molecule has 0 radical (unpaired) electrons. The van der Waals surface area contributed by atoms with Crippen LogP contribution < -0.4 is 0 Å². The van der Waals surface area contributed by atoms with E-state index in [1.807, 2.05) is 13.8 Å². The largest absolute Gasteiger partial charge is 0.388 e. The Morgan fingerprint density at radius 2 is 1.93 bits per heavy atom. The van der Waals surface area contributed by atoms with Gasteiger partial charge in [0.2, 0.25) is 0 Å². The highest BCUT2D eigenvalue weighted by molar-refractivity contribution is 9.10. The molecule has 1 aromatic rings. The Hall–Kier alpha value is -0.410. The molecular formula is C12H16BrFO. The van der Waals surface area contributed by atoms with Crippen molar-refractivity contribution in [3.05, 3.63) is 34.1 Å². The molecule has 3 heteroatoms. The van der Waals surface area contributed by atoms with E-state index >= 15 is 0 Å². The van der Waals surface area contributed by atoms with Crippen molar-refractivity contribution in [2.24, 2.45) is 5.92 Å². The first-order valence-corrected chi connectivity index (χ1v) is 6.02. The van der Waals surface area contributed by atoms with E-state index in [2.05, 4.69) is 15.9 Å². The summed E-state index contributed by atoms with van der Waals surface area (Å²) in [7, 11) is 0. The molecule has 0 aliphatic rings. The van der Waals surface area contributed by atoms with Gasteiger partial charge in [-0.25, -0.2) is 4.39 Å². The first-order valence-electron chi connectivity index (χ1n) is 5.23. The quantitative estimate of drug-likeness (QED) is 0.878. The minimum atomic E-state index is -0.711. The number of rotatable bonds is 4. The third-order valence-corrected chi connectivity index (χ3v) is 3.27. The standard InChI is InChI=1S/C12H16BrFO/c1-3-8(4-2)12(15)10-7-9(13)5-6-11(10)14/h5-8,12,15H,3-4H2,1-2H3. The Balaban J connectivity index is 2.98. The van der Waals surface area contributed by atoms with Gasteiger partial charge in [-0.1, -0.05) is 42.6 Å². The van der Waals surface area contributed by atoms with Crippen molar-refractivity contribution in [1.29, 1.82) is 0 Å². The summed E-state index contributed by atoms with van der Waals surface area (Å²) >= 11 is 3.28. The molecule has 1 N–H and O–H groups in total. The zero-order chi connectivity index (χ0) is 11.4. The number of hydrogen-bond donors (Lipinski definition) is 1. The molecule has 0 aliphatic heterocycles. The summed E-state index contributed by atoms with van der Waals surface area (Å²) in [5, 5.41) is 10.0. The number of aliphatic hydroxyl groups excluding tert-OH is 1. The maximum absolute atomic E-state index is 13.5. The molecule has 1 nitrogen and oxygen atoms in total. The van der Waals surface area contributed by atoms with E-state index < -0.39 is 6.10 Å². The van der Waals surface area contributed by atoms with Crippen molar-refractivity contribution in [3.63, 3.8) is 0 Å². The molecular weight excluding hydrogens is 259 g/mol. The maximum Gasteiger partial charge on any atom is 0.129 e. The number of halogens is 2. The molecule has 1 rings (SSSR count). The normalized spacial score (nSPS) is 13.2. The minimum Gasteiger partial charge on any atom is -0.388 e. The van der Waals surface area contributed by atoms with Gasteiger partial charge in [0.15, 0.2) is 0 Å². The van der Waals surface area contributed by atoms with Crippen LogP contribution in [0.25, 0.3) is 0 Å². The number of benzene rings is 1. The molecule has 0 amide bonds. The van der Waals surface area contributed by atoms with Crippen LogP contribution in [0.5, 0.6) is 0 Å². The van der Waals surface area contributed by atoms with Crippen molar-refractivity contribution in [2.45, 2.75) is 32.8 Å². The van der Waals surface area contributed by atoms with Gasteiger partial charge in [0.25, 0.3) is 0 Å². The van der Waals surface area contributed by atoms with Crippen LogP contribution in [0.4, 0.5) is 4.39 Å². The molecule has 0 aromatic heterocycles. The Kier molecular flexibility index (Phi) is 4.74. The van der Waals surface area contributed by atoms with Gasteiger partial charge < -0.3 is 5.11 Å². The van der Waals surface area contributed by atoms with Crippen molar-refractivity contribution in [1.82, 2.24) is 0 Å². The van der Waals surface area contributed by atoms with Crippen molar-refractivity contribution in [3.8, 4) is 0 Å². The third kappa shape index (κ3) is 3.02. The Labute approximate surface area is 98.4 Å². The van der Waals surface area contributed by atoms with Gasteiger partial charge in [0.05, 0.1) is 6.10 Å². The molecule has 1 aromatic carbocycles. The fourth-order valence-corrected chi connectivity index (χ4v) is 2.11. The van der Waals surface area contributed by atoms with Crippen LogP contribution in [-0.4, -0.2) is 5.11 Å². The summed E-state index contributed by atoms with van der Waals surface area (Å²) in [6, 6.07) is 4.67. The third-order valence-electron chi connectivity index (χ3n) is 2.77. The molecule has 0 saturated heterocycles. The van der Waals surface area contributed by atoms with Crippen molar-refractivity contribution < 1.29 is 9.50 Å². The van der Waals surface area contributed by atoms with Crippen LogP contribution in [0.3, 0.4) is 0 Å². The van der Waals surface area contributed by atoms with E-state index in [1.165, 1.54) is 6.07 Å². The van der Waals surface area contributed by atoms with Crippen molar-refractivity contribution >= 4 is 15.9 Å². The molecule has 1 atom stereocenters. The van der Waals surface area contributed by atoms with E-state index in [0.29, 0.717) is 5.56 Å². The van der Waals surface area contributed by atoms with E-state index in [-0.39, 0.29) is 11.7 Å². The zero-order valence-electron chi connectivity index (χ0n) is 9.00. The zero-order valence-corrected chi connectivity index (χ0v) is 10.6. The molecule has 0 saturated carbocycles. The van der Waals surface area contributed by atoms with Crippen LogP contribution in [0.1, 0.15) is 38.4 Å². The second-order valence-electron chi connectivity index (χ2n) is 3.69. The highest BCUT2D eigenvalue weighted by Gasteiger charge is 2.20. The van der Waals surface area contributed by atoms with Crippen LogP contribution in [0, 0.1) is 11.7 Å². The van der Waals surface area contributed by atoms with Crippen LogP contribution >= 0.6 is 15.9 Å². The number of hydrogen-bond acceptors (Lipinski definition) is 1. The lowest BCUT2D eigenvalue weighted by Crippen LogP contribution is -2.12. The van der Waals surface area contributed by atoms with E-state index in [9.17, 15) is 9.50 Å². The van der Waals surface area contributed by atoms with Crippen LogP contribution in [-0.2, 0) is 0 Å². The lowest BCUT2D eigenvalue weighted by atomic mass is 9.91. The first kappa shape index (κ1) is 12.7. The highest BCUT2D eigenvalue weighted by atomic mass is 79.9. The van der Waals surface area contributed by atoms with Gasteiger partial charge in [-0.2, -0.15) is 0 Å². The Bertz CT molecular complexity index is 323. The molecule has 0 heterocycles. The number of aliphatic hydroxyl groups is 1. The topological polar surface area (TPSA) is 20.2 Å². The Morgan fingerprint density at radius 1 is 1.33 bits per heavy atom. The molecule has 0 spiro atoms. The summed E-state index contributed by atoms with van der Waals surface area (Å²) in [5.41, 5.74) is 0.387. The monoisotopic (exact) mass is 274 g/mol. The predicted octanol–water partition coefficient (Wildman–Crippen LogP) is 4.06. The van der Waals surface area contributed by atoms with E-state index in [4.69, 9.17) is 0 Å². The van der Waals surface area contributed by atoms with Crippen LogP contribution in [0.15, 0.2) is 22.7 Å². The fourth-order valence-electron chi connectivity index (χ4n) is 1.73. The summed E-state index contributed by atoms with van der Waals surface area (Å²) in [4.78, 5) is 0. The lowest BCUT2D eigenvalue weighted by molar-refractivity contribution is 0.0995. The second kappa shape index (κ2) is 5.61. The van der Waals surface area contributed by atoms with Crippen molar-refractivity contribution in [2.75, 3.05) is 0 Å². The van der Waals surface area contributed by atoms with Gasteiger partial charge in [-0.3, -0.25) is 0 Å². The highest BCUT2D eigenvalue weighted by Crippen LogP contribution is 2.30. The fraction of sp³-hybridized carbons (Fsp3) is 0.500. The average Bonchev–Trinajstić information content (AvgIpc) is 2.23. The molecule has 84 valence electrons. The second-order valence-corrected chi connectivity index (χ2v) is 4.60. The smallest absolute Gasteiger partial charge is 0.129 e. The van der Waals surface area contributed by atoms with Crippen LogP contribution in [0.2, 0.25) is 0 Å². The van der Waals surface area contributed by atoms with Gasteiger partial charge in [0.1, 0.15) is 5.82 Å². The Morgan fingerprint density at radius 3 is 2.47 bits per heavy atom. The molecule has 0 aliphatic carbocycles. The maximum atomic E-state index is 13.5. The molecule has 0 bridgehead atoms. The molecule has 1 unspecified atom stereocenters. The van der Waals surface area contributed by atoms with E-state index in [1.54, 1.807) is 12.1 Å². The summed E-state index contributed by atoms with van der Waals surface area (Å²) < 4.78 is 14.3. The average molecular weight is 275 g/mol. The first-order chi connectivity index (χ1) is 7.10. The van der Waals surface area contributed by atoms with Gasteiger partial charge in [-0.15, -0.1) is 0 Å². The lowest BCUT2D eigenvalue weighted by Gasteiger charge is -2.21. The van der Waals surface area contributed by atoms with Gasteiger partial charge in [-0.05, 0) is 24.1 Å². The SMILES string of the molecule is CCC(CC)C(O)c1cc(Br)ccc1F. The summed E-state index contributed by atoms with van der Waals surface area (Å²) in [6.45, 7) is 4.01.